The van der Waals surface area contributed by atoms with E-state index in [1.165, 1.54) is 0 Å². The van der Waals surface area contributed by atoms with Gasteiger partial charge in [0, 0.05) is 19.3 Å². The van der Waals surface area contributed by atoms with E-state index >= 15 is 0 Å². The second-order valence-corrected chi connectivity index (χ2v) is 3.49. The summed E-state index contributed by atoms with van der Waals surface area (Å²) in [6, 6.07) is 5.61. The van der Waals surface area contributed by atoms with Gasteiger partial charge in [0.2, 0.25) is 5.91 Å². The second-order valence-electron chi connectivity index (χ2n) is 3.49. The molecule has 1 fully saturated rings. The zero-order valence-electron chi connectivity index (χ0n) is 8.05. The molecular weight excluding hydrogens is 192 g/mol. The van der Waals surface area contributed by atoms with Gasteiger partial charge in [-0.3, -0.25) is 4.79 Å². The van der Waals surface area contributed by atoms with Gasteiger partial charge in [0.05, 0.1) is 11.6 Å². The van der Waals surface area contributed by atoms with Crippen molar-refractivity contribution in [1.82, 2.24) is 4.98 Å². The Hall–Kier alpha value is -2.09. The molecule has 1 aromatic rings. The highest BCUT2D eigenvalue weighted by molar-refractivity contribution is 5.80. The Bertz CT molecular complexity index is 431. The fraction of sp³-hybridized carbons (Fsp3) is 0.300. The first-order valence-corrected chi connectivity index (χ1v) is 4.61. The summed E-state index contributed by atoms with van der Waals surface area (Å²) in [6.45, 7) is 1.16. The molecule has 1 aliphatic rings. The molecule has 5 nitrogen and oxygen atoms in total. The Balaban J connectivity index is 2.14. The van der Waals surface area contributed by atoms with Crippen molar-refractivity contribution in [3.8, 4) is 6.07 Å². The summed E-state index contributed by atoms with van der Waals surface area (Å²) >= 11 is 0. The summed E-state index contributed by atoms with van der Waals surface area (Å²) in [5.41, 5.74) is 6.33. The van der Waals surface area contributed by atoms with E-state index in [-0.39, 0.29) is 11.8 Å². The van der Waals surface area contributed by atoms with Gasteiger partial charge in [-0.25, -0.2) is 4.98 Å². The standard InChI is InChI=1S/C10H10N4O/c11-4-8-9(2-1-3-13-8)14-5-7(6-14)10(12)15/h1-3,7H,5-6H2,(H2,12,15). The normalized spacial score (nSPS) is 15.5. The number of primary amides is 1. The molecule has 1 saturated heterocycles. The van der Waals surface area contributed by atoms with Crippen molar-refractivity contribution >= 4 is 11.6 Å². The van der Waals surface area contributed by atoms with E-state index in [0.29, 0.717) is 18.8 Å². The minimum Gasteiger partial charge on any atom is -0.369 e. The van der Waals surface area contributed by atoms with Crippen LogP contribution in [0.5, 0.6) is 0 Å². The van der Waals surface area contributed by atoms with Crippen molar-refractivity contribution in [2.24, 2.45) is 11.7 Å². The first-order valence-electron chi connectivity index (χ1n) is 4.61. The van der Waals surface area contributed by atoms with E-state index in [9.17, 15) is 4.79 Å². The molecule has 0 aromatic carbocycles. The van der Waals surface area contributed by atoms with E-state index in [4.69, 9.17) is 11.0 Å². The molecule has 0 spiro atoms. The molecule has 2 N–H and O–H groups in total. The highest BCUT2D eigenvalue weighted by atomic mass is 16.1. The number of nitrogens with zero attached hydrogens (tertiary/aromatic N) is 3. The highest BCUT2D eigenvalue weighted by Crippen LogP contribution is 2.25. The summed E-state index contributed by atoms with van der Waals surface area (Å²) in [6.07, 6.45) is 1.58. The molecule has 0 atom stereocenters. The van der Waals surface area contributed by atoms with Crippen molar-refractivity contribution in [2.75, 3.05) is 18.0 Å². The molecule has 0 bridgehead atoms. The van der Waals surface area contributed by atoms with Gasteiger partial charge in [-0.2, -0.15) is 5.26 Å². The number of hydrogen-bond acceptors (Lipinski definition) is 4. The van der Waals surface area contributed by atoms with Crippen LogP contribution in [0.4, 0.5) is 5.69 Å². The first-order chi connectivity index (χ1) is 7.22. The van der Waals surface area contributed by atoms with Gasteiger partial charge in [0.25, 0.3) is 0 Å². The largest absolute Gasteiger partial charge is 0.369 e. The van der Waals surface area contributed by atoms with E-state index < -0.39 is 0 Å². The van der Waals surface area contributed by atoms with Gasteiger partial charge in [0.15, 0.2) is 5.69 Å². The predicted molar refractivity (Wildman–Crippen MR) is 53.8 cm³/mol. The van der Waals surface area contributed by atoms with Crippen LogP contribution < -0.4 is 10.6 Å². The lowest BCUT2D eigenvalue weighted by molar-refractivity contribution is -0.122. The Labute approximate surface area is 87.1 Å². The van der Waals surface area contributed by atoms with Crippen LogP contribution in [0.2, 0.25) is 0 Å². The maximum absolute atomic E-state index is 10.8. The summed E-state index contributed by atoms with van der Waals surface area (Å²) in [7, 11) is 0. The van der Waals surface area contributed by atoms with Crippen LogP contribution in [0.1, 0.15) is 5.69 Å². The summed E-state index contributed by atoms with van der Waals surface area (Å²) in [5.74, 6) is -0.384. The molecule has 76 valence electrons. The Morgan fingerprint density at radius 2 is 2.40 bits per heavy atom. The smallest absolute Gasteiger partial charge is 0.224 e. The number of carbonyl (C=O) groups is 1. The summed E-state index contributed by atoms with van der Waals surface area (Å²) in [4.78, 5) is 16.7. The third-order valence-corrected chi connectivity index (χ3v) is 2.52. The molecule has 1 aliphatic heterocycles. The topological polar surface area (TPSA) is 83.0 Å². The lowest BCUT2D eigenvalue weighted by Crippen LogP contribution is -2.52. The fourth-order valence-corrected chi connectivity index (χ4v) is 1.59. The predicted octanol–water partition coefficient (Wildman–Crippen LogP) is -0.125. The Morgan fingerprint density at radius 1 is 1.67 bits per heavy atom. The average molecular weight is 202 g/mol. The fourth-order valence-electron chi connectivity index (χ4n) is 1.59. The quantitative estimate of drug-likeness (QED) is 0.724. The van der Waals surface area contributed by atoms with Crippen LogP contribution in [0.3, 0.4) is 0 Å². The molecule has 2 rings (SSSR count). The van der Waals surface area contributed by atoms with Crippen LogP contribution in [-0.4, -0.2) is 24.0 Å². The molecule has 2 heterocycles. The van der Waals surface area contributed by atoms with Gasteiger partial charge >= 0.3 is 0 Å². The third-order valence-electron chi connectivity index (χ3n) is 2.52. The summed E-state index contributed by atoms with van der Waals surface area (Å²) < 4.78 is 0. The minimum absolute atomic E-state index is 0.100. The van der Waals surface area contributed by atoms with E-state index in [0.717, 1.165) is 5.69 Å². The zero-order chi connectivity index (χ0) is 10.8. The lowest BCUT2D eigenvalue weighted by atomic mass is 9.98. The number of anilines is 1. The van der Waals surface area contributed by atoms with Crippen molar-refractivity contribution < 1.29 is 4.79 Å². The van der Waals surface area contributed by atoms with Crippen LogP contribution in [-0.2, 0) is 4.79 Å². The van der Waals surface area contributed by atoms with Crippen LogP contribution in [0, 0.1) is 17.2 Å². The van der Waals surface area contributed by atoms with Crippen LogP contribution in [0.25, 0.3) is 0 Å². The molecule has 0 saturated carbocycles. The van der Waals surface area contributed by atoms with Crippen molar-refractivity contribution in [2.45, 2.75) is 0 Å². The minimum atomic E-state index is -0.284. The monoisotopic (exact) mass is 202 g/mol. The SMILES string of the molecule is N#Cc1ncccc1N1CC(C(N)=O)C1. The van der Waals surface area contributed by atoms with Gasteiger partial charge < -0.3 is 10.6 Å². The number of hydrogen-bond donors (Lipinski definition) is 1. The average Bonchev–Trinajstić information content (AvgIpc) is 2.15. The van der Waals surface area contributed by atoms with Crippen LogP contribution >= 0.6 is 0 Å². The molecule has 0 unspecified atom stereocenters. The first kappa shape index (κ1) is 9.46. The molecule has 1 amide bonds. The lowest BCUT2D eigenvalue weighted by Gasteiger charge is -2.39. The van der Waals surface area contributed by atoms with Gasteiger partial charge in [0.1, 0.15) is 6.07 Å². The maximum Gasteiger partial charge on any atom is 0.224 e. The number of amides is 1. The number of nitrogens with two attached hydrogens (primary N) is 1. The molecular formula is C10H10N4O. The van der Waals surface area contributed by atoms with Gasteiger partial charge in [-0.1, -0.05) is 0 Å². The molecule has 5 heteroatoms. The van der Waals surface area contributed by atoms with Gasteiger partial charge in [-0.05, 0) is 12.1 Å². The highest BCUT2D eigenvalue weighted by Gasteiger charge is 2.32. The van der Waals surface area contributed by atoms with Crippen molar-refractivity contribution in [3.63, 3.8) is 0 Å². The molecule has 0 radical (unpaired) electrons. The molecule has 0 aliphatic carbocycles. The van der Waals surface area contributed by atoms with Crippen molar-refractivity contribution in [1.29, 1.82) is 5.26 Å². The van der Waals surface area contributed by atoms with E-state index in [2.05, 4.69) is 4.98 Å². The number of pyridine rings is 1. The summed E-state index contributed by atoms with van der Waals surface area (Å²) in [5, 5.41) is 8.83. The second kappa shape index (κ2) is 3.58. The van der Waals surface area contributed by atoms with E-state index in [1.807, 2.05) is 17.0 Å². The Kier molecular flexibility index (Phi) is 2.26. The number of nitriles is 1. The number of carbonyl (C=O) groups excluding carboxylic acids is 1. The van der Waals surface area contributed by atoms with Crippen LogP contribution in [0.15, 0.2) is 18.3 Å². The number of aromatic nitrogens is 1. The van der Waals surface area contributed by atoms with E-state index in [1.54, 1.807) is 12.3 Å². The van der Waals surface area contributed by atoms with Crippen molar-refractivity contribution in [3.05, 3.63) is 24.0 Å². The zero-order valence-corrected chi connectivity index (χ0v) is 8.05. The third kappa shape index (κ3) is 1.62. The molecule has 15 heavy (non-hydrogen) atoms. The Morgan fingerprint density at radius 3 is 3.00 bits per heavy atom. The number of rotatable bonds is 2. The maximum atomic E-state index is 10.8. The molecule has 1 aromatic heterocycles. The van der Waals surface area contributed by atoms with Gasteiger partial charge in [-0.15, -0.1) is 0 Å².